The van der Waals surface area contributed by atoms with Crippen molar-refractivity contribution in [3.05, 3.63) is 102 Å². The third kappa shape index (κ3) is 3.34. The molecular weight excluding hydrogens is 434 g/mol. The Morgan fingerprint density at radius 2 is 1.22 bits per heavy atom. The van der Waals surface area contributed by atoms with Crippen molar-refractivity contribution in [2.45, 2.75) is 0 Å². The van der Waals surface area contributed by atoms with Crippen molar-refractivity contribution in [2.75, 3.05) is 0 Å². The Morgan fingerprint density at radius 3 is 2.06 bits per heavy atom. The number of hydrogen-bond acceptors (Lipinski definition) is 4. The van der Waals surface area contributed by atoms with Crippen molar-refractivity contribution in [3.63, 3.8) is 0 Å². The molecule has 0 radical (unpaired) electrons. The van der Waals surface area contributed by atoms with Gasteiger partial charge in [0.25, 0.3) is 0 Å². The fraction of sp³-hybridized carbons (Fsp3) is 0. The Balaban J connectivity index is 1.63. The highest BCUT2D eigenvalue weighted by molar-refractivity contribution is 7.26. The molecule has 0 saturated heterocycles. The molecule has 32 heavy (non-hydrogen) atoms. The number of rotatable bonds is 3. The summed E-state index contributed by atoms with van der Waals surface area (Å²) < 4.78 is 2.43. The van der Waals surface area contributed by atoms with Crippen LogP contribution >= 0.6 is 22.9 Å². The molecule has 0 aliphatic rings. The summed E-state index contributed by atoms with van der Waals surface area (Å²) in [6.45, 7) is 0. The van der Waals surface area contributed by atoms with Gasteiger partial charge in [0.2, 0.25) is 0 Å². The van der Waals surface area contributed by atoms with Crippen LogP contribution in [-0.4, -0.2) is 15.0 Å². The third-order valence-corrected chi connectivity index (χ3v) is 6.85. The van der Waals surface area contributed by atoms with Gasteiger partial charge in [-0.25, -0.2) is 15.0 Å². The highest BCUT2D eigenvalue weighted by Gasteiger charge is 2.16. The summed E-state index contributed by atoms with van der Waals surface area (Å²) in [5.74, 6) is 1.91. The van der Waals surface area contributed by atoms with Crippen LogP contribution in [0.25, 0.3) is 54.3 Å². The predicted molar refractivity (Wildman–Crippen MR) is 134 cm³/mol. The lowest BCUT2D eigenvalue weighted by molar-refractivity contribution is 1.08. The zero-order valence-corrected chi connectivity index (χ0v) is 18.4. The van der Waals surface area contributed by atoms with E-state index in [1.807, 2.05) is 54.6 Å². The van der Waals surface area contributed by atoms with Gasteiger partial charge in [-0.1, -0.05) is 84.4 Å². The Bertz CT molecular complexity index is 1590. The molecule has 4 aromatic carbocycles. The second-order valence-corrected chi connectivity index (χ2v) is 8.95. The number of benzene rings is 4. The summed E-state index contributed by atoms with van der Waals surface area (Å²) >= 11 is 8.03. The smallest absolute Gasteiger partial charge is 0.165 e. The summed E-state index contributed by atoms with van der Waals surface area (Å²) in [7, 11) is 0. The van der Waals surface area contributed by atoms with Crippen LogP contribution in [0, 0.1) is 0 Å². The van der Waals surface area contributed by atoms with Crippen LogP contribution in [0.15, 0.2) is 97.1 Å². The maximum Gasteiger partial charge on any atom is 0.165 e. The van der Waals surface area contributed by atoms with Crippen molar-refractivity contribution >= 4 is 43.1 Å². The minimum absolute atomic E-state index is 0.606. The van der Waals surface area contributed by atoms with Crippen molar-refractivity contribution < 1.29 is 0 Å². The SMILES string of the molecule is Clc1cccc(-c2nc(-c3ccccc3)nc(-c3cccc4c3sc3ccccc34)n2)c1. The molecule has 3 nitrogen and oxygen atoms in total. The number of fused-ring (bicyclic) bond motifs is 3. The van der Waals surface area contributed by atoms with Crippen LogP contribution in [0.1, 0.15) is 0 Å². The second kappa shape index (κ2) is 7.83. The van der Waals surface area contributed by atoms with Gasteiger partial charge in [0.15, 0.2) is 17.5 Å². The van der Waals surface area contributed by atoms with Crippen LogP contribution in [0.5, 0.6) is 0 Å². The summed E-state index contributed by atoms with van der Waals surface area (Å²) in [6, 6.07) is 32.4. The lowest BCUT2D eigenvalue weighted by Gasteiger charge is -2.09. The summed E-state index contributed by atoms with van der Waals surface area (Å²) in [5.41, 5.74) is 2.82. The Kier molecular flexibility index (Phi) is 4.67. The Hall–Kier alpha value is -3.60. The van der Waals surface area contributed by atoms with Gasteiger partial charge in [-0.2, -0.15) is 0 Å². The maximum absolute atomic E-state index is 6.26. The maximum atomic E-state index is 6.26. The van der Waals surface area contributed by atoms with Gasteiger partial charge in [0.05, 0.1) is 0 Å². The number of nitrogens with zero attached hydrogens (tertiary/aromatic N) is 3. The van der Waals surface area contributed by atoms with Gasteiger partial charge in [0.1, 0.15) is 0 Å². The first-order valence-corrected chi connectivity index (χ1v) is 11.4. The van der Waals surface area contributed by atoms with E-state index in [9.17, 15) is 0 Å². The van der Waals surface area contributed by atoms with E-state index < -0.39 is 0 Å². The molecule has 0 spiro atoms. The van der Waals surface area contributed by atoms with Gasteiger partial charge in [-0.3, -0.25) is 0 Å². The Morgan fingerprint density at radius 1 is 0.562 bits per heavy atom. The van der Waals surface area contributed by atoms with Crippen LogP contribution in [0.4, 0.5) is 0 Å². The predicted octanol–water partition coefficient (Wildman–Crippen LogP) is 7.89. The fourth-order valence-electron chi connectivity index (χ4n) is 3.89. The number of hydrogen-bond donors (Lipinski definition) is 0. The molecule has 0 bridgehead atoms. The normalized spacial score (nSPS) is 11.3. The molecule has 0 aliphatic heterocycles. The molecule has 0 atom stereocenters. The molecule has 2 aromatic heterocycles. The van der Waals surface area contributed by atoms with E-state index in [2.05, 4.69) is 42.5 Å². The first-order valence-electron chi connectivity index (χ1n) is 10.2. The van der Waals surface area contributed by atoms with E-state index in [1.54, 1.807) is 11.3 Å². The van der Waals surface area contributed by atoms with Crippen molar-refractivity contribution in [2.24, 2.45) is 0 Å². The molecule has 0 fully saturated rings. The van der Waals surface area contributed by atoms with E-state index >= 15 is 0 Å². The van der Waals surface area contributed by atoms with Crippen LogP contribution < -0.4 is 0 Å². The van der Waals surface area contributed by atoms with E-state index in [-0.39, 0.29) is 0 Å². The van der Waals surface area contributed by atoms with Crippen LogP contribution in [0.2, 0.25) is 5.02 Å². The van der Waals surface area contributed by atoms with Gasteiger partial charge in [0, 0.05) is 41.9 Å². The zero-order chi connectivity index (χ0) is 21.5. The van der Waals surface area contributed by atoms with Crippen LogP contribution in [-0.2, 0) is 0 Å². The molecule has 0 N–H and O–H groups in total. The topological polar surface area (TPSA) is 38.7 Å². The van der Waals surface area contributed by atoms with Crippen molar-refractivity contribution in [1.29, 1.82) is 0 Å². The molecule has 0 unspecified atom stereocenters. The van der Waals surface area contributed by atoms with E-state index in [1.165, 1.54) is 20.2 Å². The first-order chi connectivity index (χ1) is 15.8. The zero-order valence-electron chi connectivity index (χ0n) is 16.9. The molecule has 0 amide bonds. The summed E-state index contributed by atoms with van der Waals surface area (Å²) in [5, 5.41) is 3.12. The molecule has 6 rings (SSSR count). The van der Waals surface area contributed by atoms with E-state index in [0.29, 0.717) is 22.5 Å². The lowest BCUT2D eigenvalue weighted by Crippen LogP contribution is -2.00. The molecule has 5 heteroatoms. The van der Waals surface area contributed by atoms with Crippen LogP contribution in [0.3, 0.4) is 0 Å². The van der Waals surface area contributed by atoms with Gasteiger partial charge >= 0.3 is 0 Å². The average molecular weight is 450 g/mol. The van der Waals surface area contributed by atoms with Crippen molar-refractivity contribution in [3.8, 4) is 34.2 Å². The minimum atomic E-state index is 0.606. The molecule has 0 aliphatic carbocycles. The van der Waals surface area contributed by atoms with Gasteiger partial charge in [-0.15, -0.1) is 11.3 Å². The second-order valence-electron chi connectivity index (χ2n) is 7.46. The summed E-state index contributed by atoms with van der Waals surface area (Å²) in [6.07, 6.45) is 0. The van der Waals surface area contributed by atoms with Gasteiger partial charge < -0.3 is 0 Å². The van der Waals surface area contributed by atoms with E-state index in [0.717, 1.165) is 16.7 Å². The number of thiophene rings is 1. The lowest BCUT2D eigenvalue weighted by atomic mass is 10.1. The number of aromatic nitrogens is 3. The first kappa shape index (κ1) is 19.1. The average Bonchev–Trinajstić information content (AvgIpc) is 3.23. The molecule has 2 heterocycles. The largest absolute Gasteiger partial charge is 0.208 e. The number of halogens is 1. The minimum Gasteiger partial charge on any atom is -0.208 e. The highest BCUT2D eigenvalue weighted by Crippen LogP contribution is 2.39. The van der Waals surface area contributed by atoms with E-state index in [4.69, 9.17) is 26.6 Å². The van der Waals surface area contributed by atoms with Gasteiger partial charge in [-0.05, 0) is 24.3 Å². The fourth-order valence-corrected chi connectivity index (χ4v) is 5.29. The van der Waals surface area contributed by atoms with Crippen molar-refractivity contribution in [1.82, 2.24) is 15.0 Å². The highest BCUT2D eigenvalue weighted by atomic mass is 35.5. The standard InChI is InChI=1S/C27H16ClN3S/c28-19-11-6-10-18(16-19)26-29-25(17-8-2-1-3-9-17)30-27(31-26)22-14-7-13-21-20-12-4-5-15-23(20)32-24(21)22/h1-16H. The third-order valence-electron chi connectivity index (χ3n) is 5.40. The molecule has 152 valence electrons. The Labute approximate surface area is 194 Å². The summed E-state index contributed by atoms with van der Waals surface area (Å²) in [4.78, 5) is 14.6. The monoisotopic (exact) mass is 449 g/mol. The molecular formula is C27H16ClN3S. The quantitative estimate of drug-likeness (QED) is 0.275. The molecule has 0 saturated carbocycles. The molecule has 6 aromatic rings.